The van der Waals surface area contributed by atoms with Gasteiger partial charge in [0.1, 0.15) is 0 Å². The van der Waals surface area contributed by atoms with Gasteiger partial charge in [-0.3, -0.25) is 4.90 Å². The minimum absolute atomic E-state index is 0.262. The molecule has 2 aliphatic rings. The second-order valence-electron chi connectivity index (χ2n) is 6.25. The van der Waals surface area contributed by atoms with E-state index in [9.17, 15) is 5.11 Å². The lowest BCUT2D eigenvalue weighted by molar-refractivity contribution is -0.0165. The van der Waals surface area contributed by atoms with Gasteiger partial charge in [-0.15, -0.1) is 0 Å². The van der Waals surface area contributed by atoms with Crippen molar-refractivity contribution in [3.63, 3.8) is 0 Å². The van der Waals surface area contributed by atoms with Crippen LogP contribution in [0.4, 0.5) is 0 Å². The molecule has 1 N–H and O–H groups in total. The van der Waals surface area contributed by atoms with Gasteiger partial charge in [0, 0.05) is 26.2 Å². The topological polar surface area (TPSA) is 32.7 Å². The molecule has 0 saturated carbocycles. The molecule has 1 aliphatic carbocycles. The van der Waals surface area contributed by atoms with Gasteiger partial charge in [0.25, 0.3) is 0 Å². The zero-order chi connectivity index (χ0) is 14.1. The minimum Gasteiger partial charge on any atom is -0.387 e. The fraction of sp³-hybridized carbons (Fsp3) is 0.647. The lowest BCUT2D eigenvalue weighted by Crippen LogP contribution is -2.47. The molecule has 0 spiro atoms. The Labute approximate surface area is 121 Å². The van der Waals surface area contributed by atoms with E-state index >= 15 is 0 Å². The standard InChI is InChI=1S/C17H25NO2/c1-12-11-16(18-9-7-13(20-2)8-10-18)17(19)15-6-4-3-5-14(12)15/h3-6,12-13,16-17,19H,7-11H2,1-2H3. The Bertz CT molecular complexity index is 454. The van der Waals surface area contributed by atoms with E-state index in [1.54, 1.807) is 7.11 Å². The molecule has 0 bridgehead atoms. The number of likely N-dealkylation sites (tertiary alicyclic amines) is 1. The summed E-state index contributed by atoms with van der Waals surface area (Å²) in [5.74, 6) is 0.528. The van der Waals surface area contributed by atoms with E-state index in [2.05, 4.69) is 30.0 Å². The maximum Gasteiger partial charge on any atom is 0.0948 e. The maximum atomic E-state index is 10.7. The molecule has 3 atom stereocenters. The van der Waals surface area contributed by atoms with Crippen molar-refractivity contribution in [1.29, 1.82) is 0 Å². The summed E-state index contributed by atoms with van der Waals surface area (Å²) in [6, 6.07) is 8.62. The van der Waals surface area contributed by atoms with E-state index in [0.717, 1.165) is 37.9 Å². The van der Waals surface area contributed by atoms with Gasteiger partial charge in [-0.05, 0) is 36.3 Å². The van der Waals surface area contributed by atoms with Crippen molar-refractivity contribution in [2.24, 2.45) is 0 Å². The van der Waals surface area contributed by atoms with Gasteiger partial charge in [-0.1, -0.05) is 31.2 Å². The highest BCUT2D eigenvalue weighted by Gasteiger charge is 2.36. The van der Waals surface area contributed by atoms with Crippen LogP contribution in [0.3, 0.4) is 0 Å². The van der Waals surface area contributed by atoms with Crippen molar-refractivity contribution in [3.8, 4) is 0 Å². The highest BCUT2D eigenvalue weighted by molar-refractivity contribution is 5.35. The van der Waals surface area contributed by atoms with E-state index in [0.29, 0.717) is 12.0 Å². The summed E-state index contributed by atoms with van der Waals surface area (Å²) in [6.45, 7) is 4.35. The summed E-state index contributed by atoms with van der Waals surface area (Å²) < 4.78 is 5.44. The average Bonchev–Trinajstić information content (AvgIpc) is 2.51. The molecule has 1 fully saturated rings. The molecule has 0 amide bonds. The first kappa shape index (κ1) is 14.1. The van der Waals surface area contributed by atoms with Crippen LogP contribution in [-0.4, -0.2) is 42.4 Å². The quantitative estimate of drug-likeness (QED) is 0.901. The Morgan fingerprint density at radius 2 is 1.80 bits per heavy atom. The molecule has 1 aromatic rings. The van der Waals surface area contributed by atoms with E-state index in [1.807, 2.05) is 6.07 Å². The molecule has 3 nitrogen and oxygen atoms in total. The number of aliphatic hydroxyl groups excluding tert-OH is 1. The number of nitrogens with zero attached hydrogens (tertiary/aromatic N) is 1. The normalized spacial score (nSPS) is 32.0. The first-order valence-electron chi connectivity index (χ1n) is 7.74. The second kappa shape index (κ2) is 5.84. The maximum absolute atomic E-state index is 10.7. The van der Waals surface area contributed by atoms with Crippen molar-refractivity contribution in [3.05, 3.63) is 35.4 Å². The zero-order valence-corrected chi connectivity index (χ0v) is 12.5. The van der Waals surface area contributed by atoms with Gasteiger partial charge < -0.3 is 9.84 Å². The number of hydrogen-bond acceptors (Lipinski definition) is 3. The fourth-order valence-electron chi connectivity index (χ4n) is 3.85. The molecule has 20 heavy (non-hydrogen) atoms. The van der Waals surface area contributed by atoms with Gasteiger partial charge in [0.2, 0.25) is 0 Å². The lowest BCUT2D eigenvalue weighted by atomic mass is 9.78. The largest absolute Gasteiger partial charge is 0.387 e. The summed E-state index contributed by atoms with van der Waals surface area (Å²) in [6.07, 6.45) is 3.26. The van der Waals surface area contributed by atoms with Gasteiger partial charge in [0.15, 0.2) is 0 Å². The lowest BCUT2D eigenvalue weighted by Gasteiger charge is -2.43. The Morgan fingerprint density at radius 1 is 1.15 bits per heavy atom. The zero-order valence-electron chi connectivity index (χ0n) is 12.5. The third kappa shape index (κ3) is 2.50. The number of ether oxygens (including phenoxy) is 1. The van der Waals surface area contributed by atoms with Crippen LogP contribution in [-0.2, 0) is 4.74 Å². The molecule has 3 heteroatoms. The molecule has 1 aliphatic heterocycles. The number of aliphatic hydroxyl groups is 1. The number of fused-ring (bicyclic) bond motifs is 1. The summed E-state index contributed by atoms with van der Waals surface area (Å²) in [7, 11) is 1.80. The number of methoxy groups -OCH3 is 1. The molecule has 0 radical (unpaired) electrons. The van der Waals surface area contributed by atoms with Crippen LogP contribution in [0.5, 0.6) is 0 Å². The predicted molar refractivity (Wildman–Crippen MR) is 79.8 cm³/mol. The first-order valence-corrected chi connectivity index (χ1v) is 7.74. The SMILES string of the molecule is COC1CCN(C2CC(C)c3ccccc3C2O)CC1. The van der Waals surface area contributed by atoms with E-state index in [4.69, 9.17) is 4.74 Å². The Hall–Kier alpha value is -0.900. The first-order chi connectivity index (χ1) is 9.70. The monoisotopic (exact) mass is 275 g/mol. The number of hydrogen-bond donors (Lipinski definition) is 1. The van der Waals surface area contributed by atoms with Crippen LogP contribution >= 0.6 is 0 Å². The van der Waals surface area contributed by atoms with Crippen LogP contribution in [0, 0.1) is 0 Å². The molecule has 0 aromatic heterocycles. The van der Waals surface area contributed by atoms with Crippen molar-refractivity contribution < 1.29 is 9.84 Å². The minimum atomic E-state index is -0.346. The molecule has 3 rings (SSSR count). The number of rotatable bonds is 2. The fourth-order valence-corrected chi connectivity index (χ4v) is 3.85. The van der Waals surface area contributed by atoms with Crippen molar-refractivity contribution in [2.75, 3.05) is 20.2 Å². The van der Waals surface area contributed by atoms with E-state index in [-0.39, 0.29) is 12.1 Å². The molecule has 1 saturated heterocycles. The van der Waals surface area contributed by atoms with E-state index < -0.39 is 0 Å². The third-order valence-corrected chi connectivity index (χ3v) is 5.08. The Balaban J connectivity index is 1.76. The van der Waals surface area contributed by atoms with Gasteiger partial charge in [-0.25, -0.2) is 0 Å². The van der Waals surface area contributed by atoms with Crippen LogP contribution in [0.2, 0.25) is 0 Å². The Morgan fingerprint density at radius 3 is 2.45 bits per heavy atom. The highest BCUT2D eigenvalue weighted by Crippen LogP contribution is 2.40. The molecule has 3 unspecified atom stereocenters. The summed E-state index contributed by atoms with van der Waals surface area (Å²) >= 11 is 0. The smallest absolute Gasteiger partial charge is 0.0948 e. The van der Waals surface area contributed by atoms with E-state index in [1.165, 1.54) is 5.56 Å². The highest BCUT2D eigenvalue weighted by atomic mass is 16.5. The molecule has 1 aromatic carbocycles. The summed E-state index contributed by atoms with van der Waals surface area (Å²) in [5.41, 5.74) is 2.45. The molecule has 110 valence electrons. The number of piperidine rings is 1. The third-order valence-electron chi connectivity index (χ3n) is 5.08. The summed E-state index contributed by atoms with van der Waals surface area (Å²) in [4.78, 5) is 2.46. The van der Waals surface area contributed by atoms with Gasteiger partial charge >= 0.3 is 0 Å². The van der Waals surface area contributed by atoms with Crippen molar-refractivity contribution in [2.45, 2.75) is 50.4 Å². The van der Waals surface area contributed by atoms with Crippen molar-refractivity contribution >= 4 is 0 Å². The molecule has 1 heterocycles. The molecular formula is C17H25NO2. The Kier molecular flexibility index (Phi) is 4.11. The van der Waals surface area contributed by atoms with Gasteiger partial charge in [-0.2, -0.15) is 0 Å². The van der Waals surface area contributed by atoms with Crippen LogP contribution < -0.4 is 0 Å². The van der Waals surface area contributed by atoms with Crippen molar-refractivity contribution in [1.82, 2.24) is 4.90 Å². The second-order valence-corrected chi connectivity index (χ2v) is 6.25. The molecular weight excluding hydrogens is 250 g/mol. The van der Waals surface area contributed by atoms with Crippen LogP contribution in [0.1, 0.15) is 49.3 Å². The van der Waals surface area contributed by atoms with Gasteiger partial charge in [0.05, 0.1) is 12.2 Å². The number of benzene rings is 1. The van der Waals surface area contributed by atoms with Crippen LogP contribution in [0.25, 0.3) is 0 Å². The predicted octanol–water partition coefficient (Wildman–Crippen LogP) is 2.71. The summed E-state index contributed by atoms with van der Waals surface area (Å²) in [5, 5.41) is 10.7. The average molecular weight is 275 g/mol. The van der Waals surface area contributed by atoms with Crippen LogP contribution in [0.15, 0.2) is 24.3 Å².